The first-order chi connectivity index (χ1) is 14.6. The van der Waals surface area contributed by atoms with Crippen LogP contribution in [0, 0.1) is 0 Å². The summed E-state index contributed by atoms with van der Waals surface area (Å²) in [6.07, 6.45) is 0. The van der Waals surface area contributed by atoms with Crippen molar-refractivity contribution in [2.45, 2.75) is 13.5 Å². The summed E-state index contributed by atoms with van der Waals surface area (Å²) >= 11 is 0. The van der Waals surface area contributed by atoms with E-state index in [1.165, 1.54) is 0 Å². The average Bonchev–Trinajstić information content (AvgIpc) is 2.79. The van der Waals surface area contributed by atoms with E-state index in [0.29, 0.717) is 35.1 Å². The molecule has 3 aromatic carbocycles. The summed E-state index contributed by atoms with van der Waals surface area (Å²) < 4.78 is 22.1. The zero-order chi connectivity index (χ0) is 21.3. The largest absolute Gasteiger partial charge is 0.497 e. The molecule has 30 heavy (non-hydrogen) atoms. The molecule has 0 radical (unpaired) electrons. The lowest BCUT2D eigenvalue weighted by atomic mass is 10.1. The van der Waals surface area contributed by atoms with Crippen molar-refractivity contribution in [1.29, 1.82) is 0 Å². The molecule has 3 aromatic rings. The van der Waals surface area contributed by atoms with Gasteiger partial charge >= 0.3 is 0 Å². The number of methoxy groups -OCH3 is 2. The van der Waals surface area contributed by atoms with E-state index in [1.807, 2.05) is 31.2 Å². The molecule has 156 valence electrons. The Morgan fingerprint density at radius 2 is 1.57 bits per heavy atom. The van der Waals surface area contributed by atoms with Crippen LogP contribution in [0.15, 0.2) is 66.7 Å². The number of hydrogen-bond acceptors (Lipinski definition) is 5. The van der Waals surface area contributed by atoms with Crippen LogP contribution in [0.5, 0.6) is 23.0 Å². The summed E-state index contributed by atoms with van der Waals surface area (Å²) in [5.74, 6) is 2.44. The molecule has 0 bridgehead atoms. The maximum absolute atomic E-state index is 12.7. The molecular weight excluding hydrogens is 382 g/mol. The van der Waals surface area contributed by atoms with Crippen LogP contribution in [-0.4, -0.2) is 26.7 Å². The molecule has 0 aromatic heterocycles. The van der Waals surface area contributed by atoms with Crippen LogP contribution in [0.1, 0.15) is 22.8 Å². The highest BCUT2D eigenvalue weighted by Crippen LogP contribution is 2.29. The van der Waals surface area contributed by atoms with Crippen molar-refractivity contribution in [1.82, 2.24) is 0 Å². The van der Waals surface area contributed by atoms with Gasteiger partial charge in [-0.1, -0.05) is 12.1 Å². The van der Waals surface area contributed by atoms with E-state index in [0.717, 1.165) is 11.3 Å². The zero-order valence-corrected chi connectivity index (χ0v) is 17.3. The molecule has 6 heteroatoms. The Bertz CT molecular complexity index is 985. The average molecular weight is 407 g/mol. The van der Waals surface area contributed by atoms with Crippen molar-refractivity contribution in [3.05, 3.63) is 77.9 Å². The second-order valence-corrected chi connectivity index (χ2v) is 6.38. The monoisotopic (exact) mass is 407 g/mol. The highest BCUT2D eigenvalue weighted by molar-refractivity contribution is 6.04. The highest BCUT2D eigenvalue weighted by atomic mass is 16.5. The molecule has 0 saturated carbocycles. The SMILES string of the molecule is CCOc1ccc(C(=O)Nc2ccc(OC)cc2)cc1COc1ccccc1OC. The first-order valence-electron chi connectivity index (χ1n) is 9.61. The van der Waals surface area contributed by atoms with Gasteiger partial charge in [-0.25, -0.2) is 0 Å². The van der Waals surface area contributed by atoms with Gasteiger partial charge in [-0.05, 0) is 61.5 Å². The second kappa shape index (κ2) is 10.2. The molecule has 0 spiro atoms. The van der Waals surface area contributed by atoms with Crippen molar-refractivity contribution in [3.8, 4) is 23.0 Å². The minimum absolute atomic E-state index is 0.221. The van der Waals surface area contributed by atoms with Crippen LogP contribution in [0.3, 0.4) is 0 Å². The van der Waals surface area contributed by atoms with E-state index in [-0.39, 0.29) is 12.5 Å². The Morgan fingerprint density at radius 3 is 2.23 bits per heavy atom. The quantitative estimate of drug-likeness (QED) is 0.545. The fourth-order valence-corrected chi connectivity index (χ4v) is 2.90. The predicted octanol–water partition coefficient (Wildman–Crippen LogP) is 4.93. The van der Waals surface area contributed by atoms with Gasteiger partial charge in [-0.2, -0.15) is 0 Å². The third-order valence-electron chi connectivity index (χ3n) is 4.42. The Labute approximate surface area is 176 Å². The summed E-state index contributed by atoms with van der Waals surface area (Å²) in [5.41, 5.74) is 1.96. The van der Waals surface area contributed by atoms with Gasteiger partial charge in [0.05, 0.1) is 20.8 Å². The van der Waals surface area contributed by atoms with Crippen molar-refractivity contribution in [2.24, 2.45) is 0 Å². The van der Waals surface area contributed by atoms with Gasteiger partial charge in [0.2, 0.25) is 0 Å². The molecule has 0 unspecified atom stereocenters. The van der Waals surface area contributed by atoms with Gasteiger partial charge < -0.3 is 24.3 Å². The fraction of sp³-hybridized carbons (Fsp3) is 0.208. The van der Waals surface area contributed by atoms with Crippen LogP contribution in [-0.2, 0) is 6.61 Å². The van der Waals surface area contributed by atoms with Crippen molar-refractivity contribution >= 4 is 11.6 Å². The highest BCUT2D eigenvalue weighted by Gasteiger charge is 2.13. The zero-order valence-electron chi connectivity index (χ0n) is 17.3. The maximum atomic E-state index is 12.7. The summed E-state index contributed by atoms with van der Waals surface area (Å²) in [6.45, 7) is 2.66. The number of ether oxygens (including phenoxy) is 4. The van der Waals surface area contributed by atoms with E-state index >= 15 is 0 Å². The van der Waals surface area contributed by atoms with Crippen molar-refractivity contribution < 1.29 is 23.7 Å². The summed E-state index contributed by atoms with van der Waals surface area (Å²) in [5, 5.41) is 2.88. The van der Waals surface area contributed by atoms with Gasteiger partial charge in [0.1, 0.15) is 18.1 Å². The molecule has 3 rings (SSSR count). The first-order valence-corrected chi connectivity index (χ1v) is 9.61. The third-order valence-corrected chi connectivity index (χ3v) is 4.42. The van der Waals surface area contributed by atoms with Gasteiger partial charge in [0.15, 0.2) is 11.5 Å². The number of hydrogen-bond donors (Lipinski definition) is 1. The number of carbonyl (C=O) groups is 1. The number of anilines is 1. The molecule has 0 aliphatic carbocycles. The Hall–Kier alpha value is -3.67. The van der Waals surface area contributed by atoms with Gasteiger partial charge in [-0.3, -0.25) is 4.79 Å². The summed E-state index contributed by atoms with van der Waals surface area (Å²) in [6, 6.07) is 19.9. The van der Waals surface area contributed by atoms with E-state index in [1.54, 1.807) is 56.7 Å². The normalized spacial score (nSPS) is 10.2. The minimum atomic E-state index is -0.221. The topological polar surface area (TPSA) is 66.0 Å². The lowest BCUT2D eigenvalue weighted by molar-refractivity contribution is 0.102. The van der Waals surface area contributed by atoms with Crippen molar-refractivity contribution in [2.75, 3.05) is 26.1 Å². The molecule has 0 fully saturated rings. The second-order valence-electron chi connectivity index (χ2n) is 6.38. The van der Waals surface area contributed by atoms with Crippen LogP contribution in [0.2, 0.25) is 0 Å². The van der Waals surface area contributed by atoms with Gasteiger partial charge in [0.25, 0.3) is 5.91 Å². The molecule has 1 N–H and O–H groups in total. The number of carbonyl (C=O) groups excluding carboxylic acids is 1. The number of nitrogens with one attached hydrogen (secondary N) is 1. The first kappa shape index (κ1) is 21.0. The molecular formula is C24H25NO5. The third kappa shape index (κ3) is 5.23. The molecule has 0 atom stereocenters. The van der Waals surface area contributed by atoms with E-state index < -0.39 is 0 Å². The number of amides is 1. The van der Waals surface area contributed by atoms with Crippen molar-refractivity contribution in [3.63, 3.8) is 0 Å². The van der Waals surface area contributed by atoms with Gasteiger partial charge in [-0.15, -0.1) is 0 Å². The van der Waals surface area contributed by atoms with E-state index in [4.69, 9.17) is 18.9 Å². The molecule has 1 amide bonds. The van der Waals surface area contributed by atoms with Crippen LogP contribution in [0.25, 0.3) is 0 Å². The summed E-state index contributed by atoms with van der Waals surface area (Å²) in [4.78, 5) is 12.7. The predicted molar refractivity (Wildman–Crippen MR) is 116 cm³/mol. The number of para-hydroxylation sites is 2. The molecule has 0 saturated heterocycles. The molecule has 6 nitrogen and oxygen atoms in total. The maximum Gasteiger partial charge on any atom is 0.255 e. The Kier molecular flexibility index (Phi) is 7.16. The van der Waals surface area contributed by atoms with E-state index in [9.17, 15) is 4.79 Å². The van der Waals surface area contributed by atoms with E-state index in [2.05, 4.69) is 5.32 Å². The number of benzene rings is 3. The lowest BCUT2D eigenvalue weighted by Gasteiger charge is -2.15. The Morgan fingerprint density at radius 1 is 0.833 bits per heavy atom. The lowest BCUT2D eigenvalue weighted by Crippen LogP contribution is -2.13. The van der Waals surface area contributed by atoms with Crippen LogP contribution in [0.4, 0.5) is 5.69 Å². The standard InChI is InChI=1S/C24H25NO5/c1-4-29-21-14-9-17(24(26)25-19-10-12-20(27-2)13-11-19)15-18(21)16-30-23-8-6-5-7-22(23)28-3/h5-15H,4,16H2,1-3H3,(H,25,26). The number of rotatable bonds is 9. The van der Waals surface area contributed by atoms with Gasteiger partial charge in [0, 0.05) is 16.8 Å². The minimum Gasteiger partial charge on any atom is -0.497 e. The molecule has 0 aliphatic rings. The fourth-order valence-electron chi connectivity index (χ4n) is 2.90. The smallest absolute Gasteiger partial charge is 0.255 e. The molecule has 0 heterocycles. The summed E-state index contributed by atoms with van der Waals surface area (Å²) in [7, 11) is 3.19. The van der Waals surface area contributed by atoms with Crippen LogP contribution >= 0.6 is 0 Å². The van der Waals surface area contributed by atoms with Crippen LogP contribution < -0.4 is 24.3 Å². The Balaban J connectivity index is 1.78. The molecule has 0 aliphatic heterocycles.